The molecule has 1 amide bonds. The van der Waals surface area contributed by atoms with E-state index in [9.17, 15) is 15.3 Å². The molecule has 0 unspecified atom stereocenters. The Balaban J connectivity index is 2.70. The van der Waals surface area contributed by atoms with Gasteiger partial charge in [0.05, 0.1) is 22.3 Å². The second-order valence-electron chi connectivity index (χ2n) is 6.47. The topological polar surface area (TPSA) is 125 Å². The smallest absolute Gasteiger partial charge is 0.409 e. The Kier molecular flexibility index (Phi) is 4.57. The highest BCUT2D eigenvalue weighted by Crippen LogP contribution is 2.32. The Bertz CT molecular complexity index is 885. The zero-order valence-corrected chi connectivity index (χ0v) is 13.7. The van der Waals surface area contributed by atoms with Crippen LogP contribution in [0.15, 0.2) is 18.3 Å². The molecule has 0 saturated carbocycles. The third kappa shape index (κ3) is 3.71. The first-order valence-corrected chi connectivity index (χ1v) is 7.23. The molecule has 1 heterocycles. The molecule has 7 nitrogen and oxygen atoms in total. The number of hydrogen-bond acceptors (Lipinski definition) is 6. The molecule has 0 aliphatic carbocycles. The van der Waals surface area contributed by atoms with Gasteiger partial charge in [0.2, 0.25) is 0 Å². The van der Waals surface area contributed by atoms with Crippen molar-refractivity contribution >= 4 is 22.7 Å². The van der Waals surface area contributed by atoms with Crippen LogP contribution in [0.4, 0.5) is 10.5 Å². The lowest BCUT2D eigenvalue weighted by atomic mass is 9.96. The number of primary amides is 1. The van der Waals surface area contributed by atoms with Gasteiger partial charge in [0.1, 0.15) is 17.9 Å². The largest absolute Gasteiger partial charge is 0.410 e. The third-order valence-corrected chi connectivity index (χ3v) is 3.20. The van der Waals surface area contributed by atoms with E-state index in [1.807, 2.05) is 6.07 Å². The fourth-order valence-electron chi connectivity index (χ4n) is 2.17. The average molecular weight is 323 g/mol. The highest BCUT2D eigenvalue weighted by Gasteiger charge is 2.17. The molecule has 3 N–H and O–H groups in total. The number of rotatable bonds is 3. The molecule has 2 aromatic rings. The lowest BCUT2D eigenvalue weighted by Gasteiger charge is -2.21. The molecule has 0 radical (unpaired) electrons. The Labute approximate surface area is 139 Å². The average Bonchev–Trinajstić information content (AvgIpc) is 2.50. The molecule has 0 saturated heterocycles. The summed E-state index contributed by atoms with van der Waals surface area (Å²) in [5.41, 5.74) is 6.55. The van der Waals surface area contributed by atoms with E-state index in [1.165, 1.54) is 12.3 Å². The van der Waals surface area contributed by atoms with Crippen molar-refractivity contribution < 1.29 is 9.53 Å². The summed E-state index contributed by atoms with van der Waals surface area (Å²) in [6.45, 7) is 6.76. The van der Waals surface area contributed by atoms with Crippen molar-refractivity contribution in [2.45, 2.75) is 20.8 Å². The predicted molar refractivity (Wildman–Crippen MR) is 89.3 cm³/mol. The molecule has 1 aromatic carbocycles. The zero-order chi connectivity index (χ0) is 17.9. The number of fused-ring (bicyclic) bond motifs is 1. The van der Waals surface area contributed by atoms with Crippen LogP contribution in [0.3, 0.4) is 0 Å². The standard InChI is InChI=1S/C17H17N5O2/c1-17(2,3)9-22-15-11(7-19)8-21-14-10(6-18)4-12(5-13(14)15)24-16(20)23/h4-5,8H,9H2,1-3H3,(H2,20,23)(H,21,22). The number of anilines is 1. The van der Waals surface area contributed by atoms with Gasteiger partial charge in [0, 0.05) is 24.2 Å². The number of pyridine rings is 1. The normalized spacial score (nSPS) is 10.7. The molecule has 0 aliphatic heterocycles. The van der Waals surface area contributed by atoms with Crippen LogP contribution in [-0.4, -0.2) is 17.6 Å². The molecule has 24 heavy (non-hydrogen) atoms. The number of nitriles is 2. The summed E-state index contributed by atoms with van der Waals surface area (Å²) in [6.07, 6.45) is 0.440. The van der Waals surface area contributed by atoms with E-state index in [2.05, 4.69) is 37.1 Å². The second-order valence-corrected chi connectivity index (χ2v) is 6.47. The molecule has 0 fully saturated rings. The summed E-state index contributed by atoms with van der Waals surface area (Å²) >= 11 is 0. The minimum absolute atomic E-state index is 0.0261. The Morgan fingerprint density at radius 3 is 2.50 bits per heavy atom. The fourth-order valence-corrected chi connectivity index (χ4v) is 2.17. The first kappa shape index (κ1) is 17.0. The van der Waals surface area contributed by atoms with Crippen LogP contribution in [0.1, 0.15) is 31.9 Å². The van der Waals surface area contributed by atoms with Crippen molar-refractivity contribution in [2.24, 2.45) is 11.1 Å². The van der Waals surface area contributed by atoms with E-state index in [0.29, 0.717) is 28.7 Å². The maximum absolute atomic E-state index is 11.0. The van der Waals surface area contributed by atoms with Crippen LogP contribution in [-0.2, 0) is 0 Å². The van der Waals surface area contributed by atoms with E-state index in [4.69, 9.17) is 10.5 Å². The lowest BCUT2D eigenvalue weighted by Crippen LogP contribution is -2.20. The summed E-state index contributed by atoms with van der Waals surface area (Å²) in [5, 5.41) is 22.4. The summed E-state index contributed by atoms with van der Waals surface area (Å²) in [5.74, 6) is 0.127. The van der Waals surface area contributed by atoms with E-state index in [0.717, 1.165) is 0 Å². The number of benzene rings is 1. The van der Waals surface area contributed by atoms with Crippen molar-refractivity contribution in [2.75, 3.05) is 11.9 Å². The van der Waals surface area contributed by atoms with Crippen LogP contribution in [0.2, 0.25) is 0 Å². The van der Waals surface area contributed by atoms with Gasteiger partial charge in [0.15, 0.2) is 0 Å². The summed E-state index contributed by atoms with van der Waals surface area (Å²) < 4.78 is 4.89. The van der Waals surface area contributed by atoms with Gasteiger partial charge in [-0.25, -0.2) is 4.79 Å². The van der Waals surface area contributed by atoms with Crippen LogP contribution in [0.5, 0.6) is 5.75 Å². The number of nitrogens with zero attached hydrogens (tertiary/aromatic N) is 3. The van der Waals surface area contributed by atoms with Gasteiger partial charge >= 0.3 is 6.09 Å². The molecule has 1 aromatic heterocycles. The fraction of sp³-hybridized carbons (Fsp3) is 0.294. The van der Waals surface area contributed by atoms with Crippen LogP contribution in [0.25, 0.3) is 10.9 Å². The number of carbonyl (C=O) groups excluding carboxylic acids is 1. The van der Waals surface area contributed by atoms with Crippen LogP contribution < -0.4 is 15.8 Å². The third-order valence-electron chi connectivity index (χ3n) is 3.20. The van der Waals surface area contributed by atoms with E-state index in [1.54, 1.807) is 6.07 Å². The maximum Gasteiger partial charge on any atom is 0.409 e. The van der Waals surface area contributed by atoms with Crippen LogP contribution >= 0.6 is 0 Å². The highest BCUT2D eigenvalue weighted by molar-refractivity contribution is 5.98. The van der Waals surface area contributed by atoms with Crippen molar-refractivity contribution in [1.29, 1.82) is 10.5 Å². The van der Waals surface area contributed by atoms with Gasteiger partial charge in [-0.05, 0) is 11.5 Å². The number of amides is 1. The maximum atomic E-state index is 11.0. The monoisotopic (exact) mass is 323 g/mol. The summed E-state index contributed by atoms with van der Waals surface area (Å²) in [7, 11) is 0. The minimum Gasteiger partial charge on any atom is -0.410 e. The van der Waals surface area contributed by atoms with Gasteiger partial charge < -0.3 is 15.8 Å². The number of nitrogens with one attached hydrogen (secondary N) is 1. The van der Waals surface area contributed by atoms with Gasteiger partial charge in [-0.2, -0.15) is 10.5 Å². The first-order valence-electron chi connectivity index (χ1n) is 7.23. The number of carbonyl (C=O) groups is 1. The molecule has 0 bridgehead atoms. The molecular formula is C17H17N5O2. The second kappa shape index (κ2) is 6.43. The van der Waals surface area contributed by atoms with E-state index < -0.39 is 6.09 Å². The van der Waals surface area contributed by atoms with Crippen molar-refractivity contribution in [1.82, 2.24) is 4.98 Å². The molecule has 7 heteroatoms. The van der Waals surface area contributed by atoms with Gasteiger partial charge in [-0.3, -0.25) is 4.98 Å². The molecule has 122 valence electrons. The van der Waals surface area contributed by atoms with Gasteiger partial charge in [-0.15, -0.1) is 0 Å². The van der Waals surface area contributed by atoms with Crippen molar-refractivity contribution in [3.8, 4) is 17.9 Å². The molecule has 0 atom stereocenters. The van der Waals surface area contributed by atoms with Crippen LogP contribution in [0, 0.1) is 28.1 Å². The lowest BCUT2D eigenvalue weighted by molar-refractivity contribution is 0.211. The predicted octanol–water partition coefficient (Wildman–Crippen LogP) is 2.89. The van der Waals surface area contributed by atoms with Crippen molar-refractivity contribution in [3.63, 3.8) is 0 Å². The highest BCUT2D eigenvalue weighted by atomic mass is 16.5. The Hall–Kier alpha value is -3.32. The number of ether oxygens (including phenoxy) is 1. The van der Waals surface area contributed by atoms with Crippen molar-refractivity contribution in [3.05, 3.63) is 29.5 Å². The minimum atomic E-state index is -0.980. The number of aromatic nitrogens is 1. The quantitative estimate of drug-likeness (QED) is 0.894. The van der Waals surface area contributed by atoms with Gasteiger partial charge in [0.25, 0.3) is 0 Å². The molecular weight excluding hydrogens is 306 g/mol. The summed E-state index contributed by atoms with van der Waals surface area (Å²) in [6, 6.07) is 7.03. The van der Waals surface area contributed by atoms with E-state index >= 15 is 0 Å². The van der Waals surface area contributed by atoms with Gasteiger partial charge in [-0.1, -0.05) is 20.8 Å². The zero-order valence-electron chi connectivity index (χ0n) is 13.7. The molecule has 0 spiro atoms. The molecule has 0 aliphatic rings. The number of hydrogen-bond donors (Lipinski definition) is 2. The SMILES string of the molecule is CC(C)(C)CNc1c(C#N)cnc2c(C#N)cc(OC(N)=O)cc12. The molecule has 2 rings (SSSR count). The first-order chi connectivity index (χ1) is 11.2. The Morgan fingerprint density at radius 2 is 1.96 bits per heavy atom. The Morgan fingerprint density at radius 1 is 1.29 bits per heavy atom. The summed E-state index contributed by atoms with van der Waals surface area (Å²) in [4.78, 5) is 15.2. The van der Waals surface area contributed by atoms with E-state index in [-0.39, 0.29) is 16.7 Å². The number of nitrogens with two attached hydrogens (primary N) is 1.